The van der Waals surface area contributed by atoms with Crippen LogP contribution in [0.3, 0.4) is 0 Å². The summed E-state index contributed by atoms with van der Waals surface area (Å²) in [5.41, 5.74) is 2.83. The smallest absolute Gasteiger partial charge is 0.271 e. The third-order valence-electron chi connectivity index (χ3n) is 3.48. The molecule has 0 bridgehead atoms. The number of nitro groups is 1. The molecule has 0 radical (unpaired) electrons. The Morgan fingerprint density at radius 1 is 0.880 bits per heavy atom. The Morgan fingerprint density at radius 3 is 2.04 bits per heavy atom. The molecule has 124 valence electrons. The fourth-order valence-electron chi connectivity index (χ4n) is 2.18. The molecule has 3 aromatic carbocycles. The van der Waals surface area contributed by atoms with Gasteiger partial charge >= 0.3 is 0 Å². The number of azo groups is 1. The van der Waals surface area contributed by atoms with Gasteiger partial charge in [0, 0.05) is 12.1 Å². The van der Waals surface area contributed by atoms with Crippen LogP contribution in [0.1, 0.15) is 0 Å². The molecule has 0 aromatic heterocycles. The number of halogens is 1. The van der Waals surface area contributed by atoms with Crippen molar-refractivity contribution in [1.82, 2.24) is 0 Å². The summed E-state index contributed by atoms with van der Waals surface area (Å²) in [5, 5.41) is 28.3. The van der Waals surface area contributed by atoms with Gasteiger partial charge in [-0.05, 0) is 41.5 Å². The molecular formula is C18H12ClN3O3. The molecule has 0 unspecified atom stereocenters. The summed E-state index contributed by atoms with van der Waals surface area (Å²) in [6.07, 6.45) is 0. The number of non-ortho nitro benzene ring substituents is 1. The predicted octanol–water partition coefficient (Wildman–Crippen LogP) is 6.04. The minimum atomic E-state index is -0.519. The van der Waals surface area contributed by atoms with Crippen molar-refractivity contribution in [3.63, 3.8) is 0 Å². The fourth-order valence-corrected chi connectivity index (χ4v) is 2.39. The Kier molecular flexibility index (Phi) is 4.72. The summed E-state index contributed by atoms with van der Waals surface area (Å²) in [7, 11) is 0. The number of nitrogens with zero attached hydrogens (tertiary/aromatic N) is 3. The first-order valence-electron chi connectivity index (χ1n) is 7.28. The van der Waals surface area contributed by atoms with Crippen molar-refractivity contribution in [2.45, 2.75) is 0 Å². The van der Waals surface area contributed by atoms with Crippen LogP contribution in [0.5, 0.6) is 5.75 Å². The number of hydrogen-bond donors (Lipinski definition) is 1. The molecule has 0 amide bonds. The molecule has 0 aliphatic rings. The minimum Gasteiger partial charge on any atom is -0.508 e. The lowest BCUT2D eigenvalue weighted by Gasteiger charge is -2.02. The minimum absolute atomic E-state index is 0.0952. The Bertz CT molecular complexity index is 939. The van der Waals surface area contributed by atoms with Crippen molar-refractivity contribution in [3.05, 3.63) is 81.9 Å². The first-order valence-corrected chi connectivity index (χ1v) is 7.66. The predicted molar refractivity (Wildman–Crippen MR) is 95.8 cm³/mol. The van der Waals surface area contributed by atoms with E-state index in [1.165, 1.54) is 18.2 Å². The van der Waals surface area contributed by atoms with Crippen LogP contribution in [-0.2, 0) is 0 Å². The van der Waals surface area contributed by atoms with Gasteiger partial charge in [-0.3, -0.25) is 10.1 Å². The van der Waals surface area contributed by atoms with Crippen LogP contribution in [0.15, 0.2) is 77.0 Å². The average molecular weight is 354 g/mol. The monoisotopic (exact) mass is 353 g/mol. The molecule has 0 fully saturated rings. The molecule has 0 aliphatic heterocycles. The van der Waals surface area contributed by atoms with Gasteiger partial charge in [-0.1, -0.05) is 35.9 Å². The van der Waals surface area contributed by atoms with Crippen molar-refractivity contribution < 1.29 is 10.0 Å². The number of benzene rings is 3. The molecule has 7 heteroatoms. The van der Waals surface area contributed by atoms with E-state index >= 15 is 0 Å². The van der Waals surface area contributed by atoms with E-state index in [0.717, 1.165) is 11.1 Å². The lowest BCUT2D eigenvalue weighted by molar-refractivity contribution is -0.384. The summed E-state index contributed by atoms with van der Waals surface area (Å²) < 4.78 is 0. The Balaban J connectivity index is 1.78. The molecule has 25 heavy (non-hydrogen) atoms. The van der Waals surface area contributed by atoms with Crippen LogP contribution in [-0.4, -0.2) is 10.0 Å². The average Bonchev–Trinajstić information content (AvgIpc) is 2.62. The van der Waals surface area contributed by atoms with E-state index in [2.05, 4.69) is 10.2 Å². The summed E-state index contributed by atoms with van der Waals surface area (Å²) >= 11 is 5.98. The number of aromatic hydroxyl groups is 1. The van der Waals surface area contributed by atoms with Crippen LogP contribution >= 0.6 is 11.6 Å². The topological polar surface area (TPSA) is 88.1 Å². The van der Waals surface area contributed by atoms with E-state index in [9.17, 15) is 15.2 Å². The summed E-state index contributed by atoms with van der Waals surface area (Å²) in [6.45, 7) is 0. The number of rotatable bonds is 4. The van der Waals surface area contributed by atoms with E-state index in [0.29, 0.717) is 11.4 Å². The van der Waals surface area contributed by atoms with Gasteiger partial charge in [0.15, 0.2) is 0 Å². The van der Waals surface area contributed by atoms with Gasteiger partial charge < -0.3 is 5.11 Å². The normalized spacial score (nSPS) is 10.9. The standard InChI is InChI=1S/C18H12ClN3O3/c19-17-11-15(22(24)25)7-10-18(17)21-20-14-5-1-12(2-6-14)13-3-8-16(23)9-4-13/h1-11,23H/b21-20+. The maximum Gasteiger partial charge on any atom is 0.271 e. The Morgan fingerprint density at radius 2 is 1.48 bits per heavy atom. The molecule has 0 atom stereocenters. The molecule has 0 heterocycles. The molecule has 1 N–H and O–H groups in total. The maximum absolute atomic E-state index is 10.7. The Labute approximate surface area is 148 Å². The number of hydrogen-bond acceptors (Lipinski definition) is 5. The van der Waals surface area contributed by atoms with E-state index in [1.54, 1.807) is 24.3 Å². The highest BCUT2D eigenvalue weighted by Gasteiger charge is 2.08. The fraction of sp³-hybridized carbons (Fsp3) is 0. The SMILES string of the molecule is O=[N+]([O-])c1ccc(/N=N/c2ccc(-c3ccc(O)cc3)cc2)c(Cl)c1. The van der Waals surface area contributed by atoms with Crippen LogP contribution in [0, 0.1) is 10.1 Å². The van der Waals surface area contributed by atoms with Gasteiger partial charge in [-0.2, -0.15) is 5.11 Å². The van der Waals surface area contributed by atoms with Crippen molar-refractivity contribution in [3.8, 4) is 16.9 Å². The second-order valence-electron chi connectivity index (χ2n) is 5.19. The highest BCUT2D eigenvalue weighted by Crippen LogP contribution is 2.31. The highest BCUT2D eigenvalue weighted by molar-refractivity contribution is 6.33. The zero-order chi connectivity index (χ0) is 17.8. The third-order valence-corrected chi connectivity index (χ3v) is 3.79. The lowest BCUT2D eigenvalue weighted by Crippen LogP contribution is -1.86. The zero-order valence-corrected chi connectivity index (χ0v) is 13.6. The van der Waals surface area contributed by atoms with Crippen LogP contribution < -0.4 is 0 Å². The number of phenols is 1. The van der Waals surface area contributed by atoms with Crippen LogP contribution in [0.4, 0.5) is 17.1 Å². The van der Waals surface area contributed by atoms with Gasteiger partial charge in [-0.15, -0.1) is 5.11 Å². The number of nitro benzene ring substituents is 1. The molecule has 0 saturated heterocycles. The van der Waals surface area contributed by atoms with Crippen LogP contribution in [0.2, 0.25) is 5.02 Å². The maximum atomic E-state index is 10.7. The van der Waals surface area contributed by atoms with Gasteiger partial charge in [0.1, 0.15) is 11.4 Å². The molecular weight excluding hydrogens is 342 g/mol. The lowest BCUT2D eigenvalue weighted by atomic mass is 10.1. The Hall–Kier alpha value is -3.25. The van der Waals surface area contributed by atoms with E-state index in [4.69, 9.17) is 11.6 Å². The second-order valence-corrected chi connectivity index (χ2v) is 5.59. The summed E-state index contributed by atoms with van der Waals surface area (Å²) in [6, 6.07) is 18.3. The van der Waals surface area contributed by atoms with Gasteiger partial charge in [-0.25, -0.2) is 0 Å². The highest BCUT2D eigenvalue weighted by atomic mass is 35.5. The van der Waals surface area contributed by atoms with Gasteiger partial charge in [0.2, 0.25) is 0 Å². The van der Waals surface area contributed by atoms with Crippen molar-refractivity contribution in [1.29, 1.82) is 0 Å². The molecule has 3 aromatic rings. The summed E-state index contributed by atoms with van der Waals surface area (Å²) in [5.74, 6) is 0.217. The molecule has 0 saturated carbocycles. The number of phenolic OH excluding ortho intramolecular Hbond substituents is 1. The van der Waals surface area contributed by atoms with Gasteiger partial charge in [0.25, 0.3) is 5.69 Å². The molecule has 0 spiro atoms. The van der Waals surface area contributed by atoms with Crippen molar-refractivity contribution in [2.24, 2.45) is 10.2 Å². The second kappa shape index (κ2) is 7.11. The molecule has 6 nitrogen and oxygen atoms in total. The zero-order valence-electron chi connectivity index (χ0n) is 12.8. The molecule has 3 rings (SSSR count). The largest absolute Gasteiger partial charge is 0.508 e. The first-order chi connectivity index (χ1) is 12.0. The third kappa shape index (κ3) is 3.99. The van der Waals surface area contributed by atoms with Gasteiger partial charge in [0.05, 0.1) is 15.6 Å². The molecule has 0 aliphatic carbocycles. The first kappa shape index (κ1) is 16.6. The quantitative estimate of drug-likeness (QED) is 0.352. The van der Waals surface area contributed by atoms with Crippen molar-refractivity contribution >= 4 is 28.7 Å². The van der Waals surface area contributed by atoms with Crippen molar-refractivity contribution in [2.75, 3.05) is 0 Å². The summed E-state index contributed by atoms with van der Waals surface area (Å²) in [4.78, 5) is 10.2. The van der Waals surface area contributed by atoms with E-state index in [1.807, 2.05) is 24.3 Å². The van der Waals surface area contributed by atoms with E-state index < -0.39 is 4.92 Å². The van der Waals surface area contributed by atoms with Crippen LogP contribution in [0.25, 0.3) is 11.1 Å². The van der Waals surface area contributed by atoms with E-state index in [-0.39, 0.29) is 16.5 Å².